The van der Waals surface area contributed by atoms with Crippen LogP contribution < -0.4 is 0 Å². The van der Waals surface area contributed by atoms with Gasteiger partial charge in [0.05, 0.1) is 26.4 Å². The molecule has 3 N–H and O–H groups in total. The van der Waals surface area contributed by atoms with Gasteiger partial charge in [-0.2, -0.15) is 0 Å². The Hall–Kier alpha value is -1.94. The van der Waals surface area contributed by atoms with Crippen LogP contribution in [0.3, 0.4) is 0 Å². The second-order valence-corrected chi connectivity index (χ2v) is 30.2. The van der Waals surface area contributed by atoms with Crippen LogP contribution >= 0.6 is 15.6 Å². The van der Waals surface area contributed by atoms with Crippen LogP contribution in [-0.4, -0.2) is 96.7 Å². The van der Waals surface area contributed by atoms with Crippen molar-refractivity contribution < 1.29 is 80.2 Å². The summed E-state index contributed by atoms with van der Waals surface area (Å²) in [4.78, 5) is 72.5. The smallest absolute Gasteiger partial charge is 0.462 e. The van der Waals surface area contributed by atoms with E-state index in [9.17, 15) is 43.2 Å². The van der Waals surface area contributed by atoms with Crippen molar-refractivity contribution in [1.82, 2.24) is 0 Å². The third-order valence-electron chi connectivity index (χ3n) is 17.9. The fourth-order valence-electron chi connectivity index (χ4n) is 11.5. The highest BCUT2D eigenvalue weighted by Crippen LogP contribution is 2.45. The van der Waals surface area contributed by atoms with Crippen molar-refractivity contribution in [2.24, 2.45) is 5.92 Å². The van der Waals surface area contributed by atoms with Crippen LogP contribution in [0.25, 0.3) is 0 Å². The molecule has 6 atom stereocenters. The molecule has 0 heterocycles. The number of aliphatic hydroxyl groups excluding tert-OH is 1. The van der Waals surface area contributed by atoms with Crippen molar-refractivity contribution in [2.75, 3.05) is 39.6 Å². The quantitative estimate of drug-likeness (QED) is 0.0222. The number of esters is 4. The molecule has 3 unspecified atom stereocenters. The van der Waals surface area contributed by atoms with E-state index < -0.39 is 97.5 Å². The molecular formula is C75H146O17P2. The van der Waals surface area contributed by atoms with Gasteiger partial charge in [0.1, 0.15) is 19.3 Å². The number of hydrogen-bond acceptors (Lipinski definition) is 15. The molecule has 0 aromatic heterocycles. The van der Waals surface area contributed by atoms with Crippen LogP contribution in [0.4, 0.5) is 0 Å². The highest BCUT2D eigenvalue weighted by molar-refractivity contribution is 7.47. The lowest BCUT2D eigenvalue weighted by atomic mass is 9.99. The van der Waals surface area contributed by atoms with Crippen molar-refractivity contribution in [2.45, 2.75) is 412 Å². The van der Waals surface area contributed by atoms with Crippen molar-refractivity contribution in [1.29, 1.82) is 0 Å². The fourth-order valence-corrected chi connectivity index (χ4v) is 13.1. The number of carbonyl (C=O) groups excluding carboxylic acids is 4. The lowest BCUT2D eigenvalue weighted by molar-refractivity contribution is -0.161. The number of phosphoric acid groups is 2. The zero-order valence-electron chi connectivity index (χ0n) is 61.1. The number of hydrogen-bond donors (Lipinski definition) is 3. The molecule has 0 saturated heterocycles. The summed E-state index contributed by atoms with van der Waals surface area (Å²) in [5.41, 5.74) is 0. The molecule has 94 heavy (non-hydrogen) atoms. The minimum absolute atomic E-state index is 0.105. The average Bonchev–Trinajstić information content (AvgIpc) is 1.44. The first-order valence-electron chi connectivity index (χ1n) is 39.2. The van der Waals surface area contributed by atoms with E-state index in [1.807, 2.05) is 0 Å². The highest BCUT2D eigenvalue weighted by Gasteiger charge is 2.30. The van der Waals surface area contributed by atoms with Gasteiger partial charge in [0.15, 0.2) is 12.2 Å². The first-order chi connectivity index (χ1) is 45.6. The maximum absolute atomic E-state index is 13.1. The van der Waals surface area contributed by atoms with E-state index >= 15 is 0 Å². The Morgan fingerprint density at radius 1 is 0.298 bits per heavy atom. The van der Waals surface area contributed by atoms with Gasteiger partial charge in [0, 0.05) is 25.7 Å². The topological polar surface area (TPSA) is 237 Å². The molecule has 19 heteroatoms. The summed E-state index contributed by atoms with van der Waals surface area (Å²) in [5, 5.41) is 10.6. The number of aliphatic hydroxyl groups is 1. The minimum atomic E-state index is -4.95. The van der Waals surface area contributed by atoms with Crippen LogP contribution in [-0.2, 0) is 65.4 Å². The summed E-state index contributed by atoms with van der Waals surface area (Å²) in [6, 6.07) is 0. The molecule has 0 spiro atoms. The zero-order valence-corrected chi connectivity index (χ0v) is 62.9. The van der Waals surface area contributed by atoms with E-state index in [1.165, 1.54) is 199 Å². The largest absolute Gasteiger partial charge is 0.472 e. The van der Waals surface area contributed by atoms with Crippen LogP contribution in [0.5, 0.6) is 0 Å². The Balaban J connectivity index is 5.12. The van der Waals surface area contributed by atoms with E-state index in [2.05, 4.69) is 34.6 Å². The lowest BCUT2D eigenvalue weighted by Gasteiger charge is -2.21. The molecule has 0 aromatic rings. The van der Waals surface area contributed by atoms with Gasteiger partial charge in [0.2, 0.25) is 0 Å². The van der Waals surface area contributed by atoms with Crippen LogP contribution in [0.1, 0.15) is 394 Å². The van der Waals surface area contributed by atoms with Crippen molar-refractivity contribution in [3.63, 3.8) is 0 Å². The summed E-state index contributed by atoms with van der Waals surface area (Å²) >= 11 is 0. The summed E-state index contributed by atoms with van der Waals surface area (Å²) in [6.45, 7) is 7.28. The monoisotopic (exact) mass is 1380 g/mol. The van der Waals surface area contributed by atoms with E-state index in [1.54, 1.807) is 0 Å². The molecule has 0 rings (SSSR count). The number of rotatable bonds is 75. The fraction of sp³-hybridized carbons (Fsp3) is 0.947. The van der Waals surface area contributed by atoms with Gasteiger partial charge in [-0.05, 0) is 31.6 Å². The van der Waals surface area contributed by atoms with Gasteiger partial charge in [0.25, 0.3) is 0 Å². The third-order valence-corrected chi connectivity index (χ3v) is 19.8. The normalized spacial score (nSPS) is 14.3. The van der Waals surface area contributed by atoms with Crippen molar-refractivity contribution in [3.8, 4) is 0 Å². The number of ether oxygens (including phenoxy) is 4. The van der Waals surface area contributed by atoms with Crippen LogP contribution in [0.15, 0.2) is 0 Å². The molecule has 0 fully saturated rings. The summed E-state index contributed by atoms with van der Waals surface area (Å²) in [5.74, 6) is -1.25. The number of phosphoric ester groups is 2. The average molecular weight is 1380 g/mol. The Kier molecular flexibility index (Phi) is 66.8. The van der Waals surface area contributed by atoms with Gasteiger partial charge in [-0.15, -0.1) is 0 Å². The molecule has 0 amide bonds. The highest BCUT2D eigenvalue weighted by atomic mass is 31.2. The first kappa shape index (κ1) is 92.1. The van der Waals surface area contributed by atoms with Crippen LogP contribution in [0.2, 0.25) is 0 Å². The summed E-state index contributed by atoms with van der Waals surface area (Å²) < 4.78 is 68.2. The van der Waals surface area contributed by atoms with Gasteiger partial charge < -0.3 is 33.8 Å². The number of carbonyl (C=O) groups is 4. The van der Waals surface area contributed by atoms with Crippen molar-refractivity contribution >= 4 is 39.5 Å². The predicted octanol–water partition coefficient (Wildman–Crippen LogP) is 22.1. The third kappa shape index (κ3) is 67.3. The Morgan fingerprint density at radius 2 is 0.511 bits per heavy atom. The second kappa shape index (κ2) is 68.2. The first-order valence-corrected chi connectivity index (χ1v) is 42.2. The van der Waals surface area contributed by atoms with E-state index in [4.69, 9.17) is 37.0 Å². The van der Waals surface area contributed by atoms with Gasteiger partial charge in [-0.1, -0.05) is 343 Å². The SMILES string of the molecule is CCCCCCCCCCCCCCCCCCCC(=O)OC[C@H](COP(=O)(O)OC[C@@H](O)COP(=O)(O)OC[C@@H](COC(=O)CCCCCCCCC)OC(=O)CCCCCCCCCC)OC(=O)CCCCCCCCCCCCCCCCCCCCC(C)CC. The molecule has 0 aromatic carbocycles. The van der Waals surface area contributed by atoms with E-state index in [-0.39, 0.29) is 25.7 Å². The molecule has 558 valence electrons. The van der Waals surface area contributed by atoms with Crippen molar-refractivity contribution in [3.05, 3.63) is 0 Å². The Labute approximate surface area is 575 Å². The van der Waals surface area contributed by atoms with E-state index in [0.29, 0.717) is 25.7 Å². The molecular weight excluding hydrogens is 1230 g/mol. The molecule has 0 bridgehead atoms. The summed E-state index contributed by atoms with van der Waals surface area (Å²) in [7, 11) is -9.90. The molecule has 0 aliphatic carbocycles. The second-order valence-electron chi connectivity index (χ2n) is 27.3. The van der Waals surface area contributed by atoms with Crippen LogP contribution in [0, 0.1) is 5.92 Å². The molecule has 17 nitrogen and oxygen atoms in total. The maximum atomic E-state index is 13.1. The Morgan fingerprint density at radius 3 is 0.755 bits per heavy atom. The standard InChI is InChI=1S/C75H146O17P2/c1-6-10-13-16-19-21-22-23-24-27-31-34-37-40-45-49-54-59-73(78)86-65-71(92-75(80)61-56-51-46-41-38-35-32-29-26-25-28-30-33-36-39-43-47-52-57-68(5)9-4)67-90-94(83,84)88-63-69(76)62-87-93(81,82)89-66-70(64-85-72(77)58-53-48-42-18-15-12-8-3)91-74(79)60-55-50-44-20-17-14-11-7-2/h68-71,76H,6-67H2,1-5H3,(H,81,82)(H,83,84)/t68?,69-,70+,71+/m0/s1. The minimum Gasteiger partial charge on any atom is -0.462 e. The van der Waals surface area contributed by atoms with E-state index in [0.717, 1.165) is 115 Å². The number of unbranched alkanes of at least 4 members (excludes halogenated alkanes) is 46. The molecule has 0 aliphatic heterocycles. The Bertz CT molecular complexity index is 1810. The zero-order chi connectivity index (χ0) is 69.1. The summed E-state index contributed by atoms with van der Waals surface area (Å²) in [6.07, 6.45) is 57.2. The van der Waals surface area contributed by atoms with Gasteiger partial charge in [-0.3, -0.25) is 37.3 Å². The van der Waals surface area contributed by atoms with Gasteiger partial charge >= 0.3 is 39.5 Å². The van der Waals surface area contributed by atoms with Gasteiger partial charge in [-0.25, -0.2) is 9.13 Å². The maximum Gasteiger partial charge on any atom is 0.472 e. The molecule has 0 aliphatic rings. The molecule has 0 saturated carbocycles. The predicted molar refractivity (Wildman–Crippen MR) is 382 cm³/mol. The lowest BCUT2D eigenvalue weighted by Crippen LogP contribution is -2.30. The molecule has 0 radical (unpaired) electrons.